The van der Waals surface area contributed by atoms with E-state index in [4.69, 9.17) is 10.5 Å². The van der Waals surface area contributed by atoms with Gasteiger partial charge in [-0.15, -0.1) is 0 Å². The first-order valence-corrected chi connectivity index (χ1v) is 9.61. The summed E-state index contributed by atoms with van der Waals surface area (Å²) in [6.07, 6.45) is 0.908. The molecule has 0 atom stereocenters. The number of ether oxygens (including phenoxy) is 1. The molecule has 2 aliphatic heterocycles. The molecular weight excluding hydrogens is 340 g/mol. The summed E-state index contributed by atoms with van der Waals surface area (Å²) in [4.78, 5) is 13.6. The number of methoxy groups -OCH3 is 1. The number of hydrogen-bond acceptors (Lipinski definition) is 7. The maximum Gasteiger partial charge on any atom is 0.220 e. The molecule has 0 unspecified atom stereocenters. The van der Waals surface area contributed by atoms with E-state index in [1.165, 1.54) is 11.1 Å². The highest BCUT2D eigenvalue weighted by atomic mass is 16.5. The van der Waals surface area contributed by atoms with Gasteiger partial charge in [0.05, 0.1) is 24.2 Å². The summed E-state index contributed by atoms with van der Waals surface area (Å²) < 4.78 is 5.64. The third kappa shape index (κ3) is 3.84. The topological polar surface area (TPSA) is 79.5 Å². The van der Waals surface area contributed by atoms with Gasteiger partial charge in [-0.05, 0) is 24.6 Å². The van der Waals surface area contributed by atoms with Crippen LogP contribution in [0.25, 0.3) is 0 Å². The van der Waals surface area contributed by atoms with Crippen LogP contribution in [0.2, 0.25) is 0 Å². The molecule has 1 aromatic heterocycles. The van der Waals surface area contributed by atoms with E-state index in [1.54, 1.807) is 7.11 Å². The minimum Gasteiger partial charge on any atom is -0.496 e. The van der Waals surface area contributed by atoms with Crippen molar-refractivity contribution in [2.24, 2.45) is 0 Å². The standard InChI is InChI=1S/C20H28N6O/c1-14-19-17(24-20(21)23-14)5-8-26(19)13-16-11-15(3-4-18(16)27-2)12-25-9-6-22-7-10-25/h3-4,11,22H,5-10,12-13H2,1-2H3,(H2,21,23,24). The molecule has 0 spiro atoms. The van der Waals surface area contributed by atoms with Crippen LogP contribution < -0.4 is 20.7 Å². The number of aryl methyl sites for hydroxylation is 1. The lowest BCUT2D eigenvalue weighted by molar-refractivity contribution is 0.233. The Morgan fingerprint density at radius 1 is 1.15 bits per heavy atom. The van der Waals surface area contributed by atoms with Crippen LogP contribution in [0, 0.1) is 6.92 Å². The van der Waals surface area contributed by atoms with Gasteiger partial charge in [0.15, 0.2) is 0 Å². The Bertz CT molecular complexity index is 818. The minimum absolute atomic E-state index is 0.365. The van der Waals surface area contributed by atoms with Crippen molar-refractivity contribution in [3.63, 3.8) is 0 Å². The number of nitrogens with one attached hydrogen (secondary N) is 1. The van der Waals surface area contributed by atoms with E-state index in [9.17, 15) is 0 Å². The summed E-state index contributed by atoms with van der Waals surface area (Å²) in [5, 5.41) is 3.41. The van der Waals surface area contributed by atoms with Crippen LogP contribution in [0.5, 0.6) is 5.75 Å². The average molecular weight is 368 g/mol. The lowest BCUT2D eigenvalue weighted by Gasteiger charge is -2.28. The number of nitrogen functional groups attached to an aromatic ring is 1. The van der Waals surface area contributed by atoms with Gasteiger partial charge < -0.3 is 20.7 Å². The summed E-state index contributed by atoms with van der Waals surface area (Å²) in [5.41, 5.74) is 11.5. The summed E-state index contributed by atoms with van der Waals surface area (Å²) in [6, 6.07) is 6.56. The second kappa shape index (κ2) is 7.70. The number of fused-ring (bicyclic) bond motifs is 1. The van der Waals surface area contributed by atoms with Gasteiger partial charge in [0.25, 0.3) is 0 Å². The van der Waals surface area contributed by atoms with Crippen LogP contribution in [-0.2, 0) is 19.5 Å². The van der Waals surface area contributed by atoms with E-state index >= 15 is 0 Å². The predicted octanol–water partition coefficient (Wildman–Crippen LogP) is 1.34. The van der Waals surface area contributed by atoms with Crippen molar-refractivity contribution in [3.8, 4) is 5.75 Å². The Hall–Kier alpha value is -2.38. The number of benzene rings is 1. The minimum atomic E-state index is 0.365. The highest BCUT2D eigenvalue weighted by Crippen LogP contribution is 2.33. The Balaban J connectivity index is 1.56. The lowest BCUT2D eigenvalue weighted by atomic mass is 10.1. The number of aromatic nitrogens is 2. The summed E-state index contributed by atoms with van der Waals surface area (Å²) in [6.45, 7) is 9.03. The van der Waals surface area contributed by atoms with Crippen LogP contribution in [-0.4, -0.2) is 54.7 Å². The van der Waals surface area contributed by atoms with Crippen molar-refractivity contribution in [2.45, 2.75) is 26.4 Å². The fourth-order valence-corrected chi connectivity index (χ4v) is 4.13. The second-order valence-electron chi connectivity index (χ2n) is 7.31. The Morgan fingerprint density at radius 3 is 2.74 bits per heavy atom. The SMILES string of the molecule is COc1ccc(CN2CCNCC2)cc1CN1CCc2nc(N)nc(C)c21. The van der Waals surface area contributed by atoms with Gasteiger partial charge in [-0.25, -0.2) is 9.97 Å². The zero-order valence-electron chi connectivity index (χ0n) is 16.2. The molecule has 7 nitrogen and oxygen atoms in total. The predicted molar refractivity (Wildman–Crippen MR) is 107 cm³/mol. The first-order chi connectivity index (χ1) is 13.1. The second-order valence-corrected chi connectivity index (χ2v) is 7.31. The van der Waals surface area contributed by atoms with Crippen molar-refractivity contribution < 1.29 is 4.74 Å². The number of hydrogen-bond donors (Lipinski definition) is 2. The molecule has 4 rings (SSSR count). The molecule has 0 bridgehead atoms. The molecule has 2 aromatic rings. The van der Waals surface area contributed by atoms with Crippen LogP contribution in [0.15, 0.2) is 18.2 Å². The first-order valence-electron chi connectivity index (χ1n) is 9.61. The molecule has 0 amide bonds. The highest BCUT2D eigenvalue weighted by Gasteiger charge is 2.25. The average Bonchev–Trinajstić information content (AvgIpc) is 3.05. The zero-order chi connectivity index (χ0) is 18.8. The van der Waals surface area contributed by atoms with Crippen molar-refractivity contribution in [2.75, 3.05) is 50.5 Å². The van der Waals surface area contributed by atoms with Gasteiger partial charge in [-0.3, -0.25) is 4.90 Å². The number of rotatable bonds is 5. The van der Waals surface area contributed by atoms with Crippen molar-refractivity contribution in [1.29, 1.82) is 0 Å². The lowest BCUT2D eigenvalue weighted by Crippen LogP contribution is -2.42. The molecule has 0 saturated carbocycles. The molecule has 3 N–H and O–H groups in total. The van der Waals surface area contributed by atoms with Crippen LogP contribution in [0.3, 0.4) is 0 Å². The largest absolute Gasteiger partial charge is 0.496 e. The summed E-state index contributed by atoms with van der Waals surface area (Å²) in [7, 11) is 1.74. The van der Waals surface area contributed by atoms with E-state index in [1.807, 2.05) is 6.92 Å². The van der Waals surface area contributed by atoms with Gasteiger partial charge in [0.2, 0.25) is 5.95 Å². The maximum atomic E-state index is 5.81. The Morgan fingerprint density at radius 2 is 1.96 bits per heavy atom. The first kappa shape index (κ1) is 18.0. The van der Waals surface area contributed by atoms with Crippen molar-refractivity contribution in [3.05, 3.63) is 40.7 Å². The van der Waals surface area contributed by atoms with Crippen LogP contribution in [0.4, 0.5) is 11.6 Å². The fraction of sp³-hybridized carbons (Fsp3) is 0.500. The molecular formula is C20H28N6O. The number of nitrogens with two attached hydrogens (primary N) is 1. The third-order valence-corrected chi connectivity index (χ3v) is 5.40. The molecule has 1 aromatic carbocycles. The van der Waals surface area contributed by atoms with Crippen molar-refractivity contribution in [1.82, 2.24) is 20.2 Å². The van der Waals surface area contributed by atoms with Gasteiger partial charge in [-0.1, -0.05) is 6.07 Å². The van der Waals surface area contributed by atoms with Crippen molar-refractivity contribution >= 4 is 11.6 Å². The van der Waals surface area contributed by atoms with E-state index in [2.05, 4.69) is 43.3 Å². The Kier molecular flexibility index (Phi) is 5.13. The zero-order valence-corrected chi connectivity index (χ0v) is 16.2. The van der Waals surface area contributed by atoms with Gasteiger partial charge in [0.1, 0.15) is 5.75 Å². The van der Waals surface area contributed by atoms with Gasteiger partial charge in [-0.2, -0.15) is 0 Å². The smallest absolute Gasteiger partial charge is 0.220 e. The highest BCUT2D eigenvalue weighted by molar-refractivity contribution is 5.60. The summed E-state index contributed by atoms with van der Waals surface area (Å²) >= 11 is 0. The van der Waals surface area contributed by atoms with Gasteiger partial charge in [0, 0.05) is 57.8 Å². The van der Waals surface area contributed by atoms with Gasteiger partial charge >= 0.3 is 0 Å². The Labute approximate surface area is 160 Å². The molecule has 27 heavy (non-hydrogen) atoms. The molecule has 3 heterocycles. The summed E-state index contributed by atoms with van der Waals surface area (Å²) in [5.74, 6) is 1.30. The molecule has 0 radical (unpaired) electrons. The van der Waals surface area contributed by atoms with E-state index in [0.29, 0.717) is 5.95 Å². The quantitative estimate of drug-likeness (QED) is 0.824. The molecule has 1 saturated heterocycles. The maximum absolute atomic E-state index is 5.81. The van der Waals surface area contributed by atoms with Crippen LogP contribution in [0.1, 0.15) is 22.5 Å². The third-order valence-electron chi connectivity index (χ3n) is 5.40. The molecule has 2 aliphatic rings. The van der Waals surface area contributed by atoms with Crippen LogP contribution >= 0.6 is 0 Å². The molecule has 0 aliphatic carbocycles. The number of nitrogens with zero attached hydrogens (tertiary/aromatic N) is 4. The molecule has 7 heteroatoms. The normalized spacial score (nSPS) is 17.2. The number of piperazine rings is 1. The van der Waals surface area contributed by atoms with E-state index in [-0.39, 0.29) is 0 Å². The molecule has 144 valence electrons. The fourth-order valence-electron chi connectivity index (χ4n) is 4.13. The number of anilines is 2. The molecule has 1 fully saturated rings. The van der Waals surface area contributed by atoms with E-state index in [0.717, 1.165) is 75.1 Å². The van der Waals surface area contributed by atoms with E-state index < -0.39 is 0 Å². The monoisotopic (exact) mass is 368 g/mol.